The van der Waals surface area contributed by atoms with Gasteiger partial charge in [0.1, 0.15) is 12.7 Å². The maximum atomic E-state index is 10.9. The van der Waals surface area contributed by atoms with Crippen molar-refractivity contribution < 1.29 is 14.4 Å². The van der Waals surface area contributed by atoms with Crippen LogP contribution in [0.25, 0.3) is 0 Å². The molecule has 0 saturated carbocycles. The molecule has 0 radical (unpaired) electrons. The van der Waals surface area contributed by atoms with E-state index in [1.54, 1.807) is 6.07 Å². The molecule has 1 aliphatic rings. The van der Waals surface area contributed by atoms with Crippen LogP contribution in [-0.4, -0.2) is 36.7 Å². The summed E-state index contributed by atoms with van der Waals surface area (Å²) in [5.41, 5.74) is 0.833. The summed E-state index contributed by atoms with van der Waals surface area (Å²) >= 11 is 0. The van der Waals surface area contributed by atoms with Crippen molar-refractivity contribution in [2.24, 2.45) is 4.99 Å². The van der Waals surface area contributed by atoms with Gasteiger partial charge in [0.2, 0.25) is 0 Å². The van der Waals surface area contributed by atoms with Gasteiger partial charge in [-0.1, -0.05) is 24.3 Å². The largest absolute Gasteiger partial charge is 0.486 e. The van der Waals surface area contributed by atoms with Crippen molar-refractivity contribution in [3.8, 4) is 11.5 Å². The van der Waals surface area contributed by atoms with Gasteiger partial charge in [-0.15, -0.1) is 0 Å². The molecule has 1 aliphatic heterocycles. The first kappa shape index (κ1) is 18.5. The normalized spacial score (nSPS) is 15.9. The van der Waals surface area contributed by atoms with Crippen molar-refractivity contribution in [3.05, 3.63) is 64.2 Å². The fourth-order valence-electron chi connectivity index (χ4n) is 2.65. The van der Waals surface area contributed by atoms with E-state index >= 15 is 0 Å². The van der Waals surface area contributed by atoms with Gasteiger partial charge in [-0.2, -0.15) is 0 Å². The Balaban J connectivity index is 1.58. The monoisotopic (exact) mass is 370 g/mol. The molecule has 2 aromatic rings. The second kappa shape index (κ2) is 8.88. The number of hydrogen-bond donors (Lipinski definition) is 2. The van der Waals surface area contributed by atoms with Crippen LogP contribution in [0.3, 0.4) is 0 Å². The van der Waals surface area contributed by atoms with Crippen LogP contribution in [0, 0.1) is 10.1 Å². The highest BCUT2D eigenvalue weighted by Crippen LogP contribution is 2.30. The quantitative estimate of drug-likeness (QED) is 0.351. The number of para-hydroxylation sites is 2. The summed E-state index contributed by atoms with van der Waals surface area (Å²) in [4.78, 5) is 15.0. The third kappa shape index (κ3) is 5.10. The molecule has 2 N–H and O–H groups in total. The summed E-state index contributed by atoms with van der Waals surface area (Å²) in [5.74, 6) is 2.10. The van der Waals surface area contributed by atoms with Crippen LogP contribution in [0.5, 0.6) is 11.5 Å². The van der Waals surface area contributed by atoms with E-state index in [-0.39, 0.29) is 11.8 Å². The maximum Gasteiger partial charge on any atom is 0.269 e. The molecule has 1 unspecified atom stereocenters. The second-order valence-corrected chi connectivity index (χ2v) is 6.00. The lowest BCUT2D eigenvalue weighted by Crippen LogP contribution is -2.45. The average molecular weight is 370 g/mol. The molecular weight excluding hydrogens is 348 g/mol. The van der Waals surface area contributed by atoms with Gasteiger partial charge in [0.05, 0.1) is 18.0 Å². The smallest absolute Gasteiger partial charge is 0.269 e. The van der Waals surface area contributed by atoms with Crippen LogP contribution in [0.15, 0.2) is 53.5 Å². The summed E-state index contributed by atoms with van der Waals surface area (Å²) in [7, 11) is 0. The lowest BCUT2D eigenvalue weighted by atomic mass is 10.2. The van der Waals surface area contributed by atoms with Crippen molar-refractivity contribution in [3.63, 3.8) is 0 Å². The van der Waals surface area contributed by atoms with Gasteiger partial charge >= 0.3 is 0 Å². The first-order valence-corrected chi connectivity index (χ1v) is 8.79. The number of non-ortho nitro benzene ring substituents is 1. The van der Waals surface area contributed by atoms with E-state index in [1.165, 1.54) is 12.1 Å². The maximum absolute atomic E-state index is 10.9. The molecule has 0 saturated heterocycles. The summed E-state index contributed by atoms with van der Waals surface area (Å²) in [6.07, 6.45) is -0.137. The van der Waals surface area contributed by atoms with Crippen LogP contribution >= 0.6 is 0 Å². The topological polar surface area (TPSA) is 98.0 Å². The highest BCUT2D eigenvalue weighted by molar-refractivity contribution is 5.79. The predicted molar refractivity (Wildman–Crippen MR) is 102 cm³/mol. The van der Waals surface area contributed by atoms with Crippen LogP contribution in [0.1, 0.15) is 12.5 Å². The van der Waals surface area contributed by atoms with Crippen molar-refractivity contribution in [2.75, 3.05) is 19.7 Å². The van der Waals surface area contributed by atoms with Crippen molar-refractivity contribution in [1.82, 2.24) is 10.6 Å². The van der Waals surface area contributed by atoms with Gasteiger partial charge < -0.3 is 20.1 Å². The standard InChI is InChI=1S/C19H22N4O4/c1-2-20-19(21-11-14-6-5-7-15(10-14)23(24)25)22-12-16-13-26-17-8-3-4-9-18(17)27-16/h3-10,16H,2,11-13H2,1H3,(H2,20,21,22). The molecule has 0 aromatic heterocycles. The Hall–Kier alpha value is -3.29. The Labute approximate surface area is 157 Å². The van der Waals surface area contributed by atoms with Crippen LogP contribution < -0.4 is 20.1 Å². The number of hydrogen-bond acceptors (Lipinski definition) is 5. The number of benzene rings is 2. The van der Waals surface area contributed by atoms with Gasteiger partial charge in [0.25, 0.3) is 5.69 Å². The Morgan fingerprint density at radius 2 is 2.04 bits per heavy atom. The number of ether oxygens (including phenoxy) is 2. The Morgan fingerprint density at radius 1 is 1.22 bits per heavy atom. The van der Waals surface area contributed by atoms with E-state index in [0.717, 1.165) is 17.1 Å². The number of nitrogens with one attached hydrogen (secondary N) is 2. The fraction of sp³-hybridized carbons (Fsp3) is 0.316. The lowest BCUT2D eigenvalue weighted by Gasteiger charge is -2.27. The van der Waals surface area contributed by atoms with Gasteiger partial charge in [-0.05, 0) is 24.6 Å². The summed E-state index contributed by atoms with van der Waals surface area (Å²) in [5, 5.41) is 17.3. The molecular formula is C19H22N4O4. The lowest BCUT2D eigenvalue weighted by molar-refractivity contribution is -0.384. The molecule has 27 heavy (non-hydrogen) atoms. The SMILES string of the molecule is CCNC(=NCc1cccc([N+](=O)[O-])c1)NCC1COc2ccccc2O1. The van der Waals surface area contributed by atoms with Gasteiger partial charge in [-0.3, -0.25) is 10.1 Å². The minimum Gasteiger partial charge on any atom is -0.486 e. The fourth-order valence-corrected chi connectivity index (χ4v) is 2.65. The Morgan fingerprint density at radius 3 is 2.81 bits per heavy atom. The van der Waals surface area contributed by atoms with Gasteiger partial charge in [-0.25, -0.2) is 4.99 Å². The van der Waals surface area contributed by atoms with Gasteiger partial charge in [0, 0.05) is 18.7 Å². The Kier molecular flexibility index (Phi) is 6.09. The molecule has 8 heteroatoms. The molecule has 8 nitrogen and oxygen atoms in total. The molecule has 142 valence electrons. The number of fused-ring (bicyclic) bond motifs is 1. The molecule has 1 atom stereocenters. The molecule has 0 spiro atoms. The minimum atomic E-state index is -0.408. The van der Waals surface area contributed by atoms with Crippen molar-refractivity contribution in [2.45, 2.75) is 19.6 Å². The zero-order valence-electron chi connectivity index (χ0n) is 15.1. The van der Waals surface area contributed by atoms with Crippen LogP contribution in [0.2, 0.25) is 0 Å². The first-order valence-electron chi connectivity index (χ1n) is 8.79. The third-order valence-corrected chi connectivity index (χ3v) is 3.95. The van der Waals surface area contributed by atoms with E-state index < -0.39 is 4.92 Å². The highest BCUT2D eigenvalue weighted by Gasteiger charge is 2.20. The molecule has 0 bridgehead atoms. The van der Waals surface area contributed by atoms with E-state index in [9.17, 15) is 10.1 Å². The van der Waals surface area contributed by atoms with E-state index in [1.807, 2.05) is 37.3 Å². The van der Waals surface area contributed by atoms with E-state index in [0.29, 0.717) is 32.2 Å². The summed E-state index contributed by atoms with van der Waals surface area (Å²) in [6.45, 7) is 3.98. The molecule has 2 aromatic carbocycles. The number of guanidine groups is 1. The Bertz CT molecular complexity index is 825. The average Bonchev–Trinajstić information content (AvgIpc) is 2.70. The van der Waals surface area contributed by atoms with Crippen LogP contribution in [-0.2, 0) is 6.54 Å². The van der Waals surface area contributed by atoms with Crippen molar-refractivity contribution >= 4 is 11.6 Å². The first-order chi connectivity index (χ1) is 13.2. The molecule has 0 aliphatic carbocycles. The zero-order chi connectivity index (χ0) is 19.1. The highest BCUT2D eigenvalue weighted by atomic mass is 16.6. The molecule has 3 rings (SSSR count). The number of nitrogens with zero attached hydrogens (tertiary/aromatic N) is 2. The number of nitro benzene ring substituents is 1. The van der Waals surface area contributed by atoms with Gasteiger partial charge in [0.15, 0.2) is 17.5 Å². The summed E-state index contributed by atoms with van der Waals surface area (Å²) in [6, 6.07) is 14.0. The molecule has 1 heterocycles. The zero-order valence-corrected chi connectivity index (χ0v) is 15.1. The molecule has 0 fully saturated rings. The number of rotatable bonds is 6. The summed E-state index contributed by atoms with van der Waals surface area (Å²) < 4.78 is 11.6. The minimum absolute atomic E-state index is 0.0621. The molecule has 0 amide bonds. The van der Waals surface area contributed by atoms with Crippen molar-refractivity contribution in [1.29, 1.82) is 0 Å². The number of nitro groups is 1. The van der Waals surface area contributed by atoms with E-state index in [2.05, 4.69) is 15.6 Å². The predicted octanol–water partition coefficient (Wildman–Crippen LogP) is 2.49. The number of aliphatic imine (C=N–C) groups is 1. The second-order valence-electron chi connectivity index (χ2n) is 6.00. The van der Waals surface area contributed by atoms with E-state index in [4.69, 9.17) is 9.47 Å². The third-order valence-electron chi connectivity index (χ3n) is 3.95. The van der Waals surface area contributed by atoms with Crippen LogP contribution in [0.4, 0.5) is 5.69 Å².